The van der Waals surface area contributed by atoms with Crippen LogP contribution in [0.5, 0.6) is 5.75 Å². The molecular formula is C21H34N4O2. The molecule has 6 nitrogen and oxygen atoms in total. The third-order valence-corrected chi connectivity index (χ3v) is 5.17. The van der Waals surface area contributed by atoms with Gasteiger partial charge in [-0.05, 0) is 57.2 Å². The molecule has 2 fully saturated rings. The van der Waals surface area contributed by atoms with Gasteiger partial charge in [0.15, 0.2) is 5.96 Å². The van der Waals surface area contributed by atoms with Crippen molar-refractivity contribution in [3.63, 3.8) is 0 Å². The van der Waals surface area contributed by atoms with Crippen LogP contribution in [0.4, 0.5) is 0 Å². The molecule has 150 valence electrons. The summed E-state index contributed by atoms with van der Waals surface area (Å²) in [6.45, 7) is 7.81. The van der Waals surface area contributed by atoms with Crippen molar-refractivity contribution >= 4 is 5.96 Å². The molecule has 3 N–H and O–H groups in total. The van der Waals surface area contributed by atoms with Gasteiger partial charge in [-0.15, -0.1) is 0 Å². The lowest BCUT2D eigenvalue weighted by Gasteiger charge is -2.33. The van der Waals surface area contributed by atoms with Gasteiger partial charge in [0.1, 0.15) is 18.5 Å². The molecule has 27 heavy (non-hydrogen) atoms. The molecule has 1 saturated heterocycles. The van der Waals surface area contributed by atoms with Gasteiger partial charge < -0.3 is 25.4 Å². The zero-order valence-electron chi connectivity index (χ0n) is 16.7. The predicted octanol–water partition coefficient (Wildman–Crippen LogP) is 1.92. The predicted molar refractivity (Wildman–Crippen MR) is 109 cm³/mol. The first-order valence-corrected chi connectivity index (χ1v) is 10.3. The molecule has 1 aliphatic heterocycles. The Hall–Kier alpha value is -1.79. The van der Waals surface area contributed by atoms with Gasteiger partial charge in [-0.25, -0.2) is 0 Å². The first kappa shape index (κ1) is 20.0. The summed E-state index contributed by atoms with van der Waals surface area (Å²) >= 11 is 0. The number of aliphatic hydroxyl groups is 1. The van der Waals surface area contributed by atoms with Crippen LogP contribution in [-0.2, 0) is 0 Å². The number of aliphatic hydroxyl groups excluding tert-OH is 1. The van der Waals surface area contributed by atoms with Crippen molar-refractivity contribution in [3.05, 3.63) is 29.8 Å². The number of likely N-dealkylation sites (tertiary alicyclic amines) is 1. The van der Waals surface area contributed by atoms with E-state index in [9.17, 15) is 5.11 Å². The molecule has 0 bridgehead atoms. The maximum atomic E-state index is 10.2. The molecule has 2 aliphatic rings. The number of benzene rings is 1. The molecule has 1 unspecified atom stereocenters. The van der Waals surface area contributed by atoms with Gasteiger partial charge >= 0.3 is 0 Å². The molecule has 1 atom stereocenters. The Morgan fingerprint density at radius 2 is 2.07 bits per heavy atom. The lowest BCUT2D eigenvalue weighted by atomic mass is 10.1. The number of nitrogens with zero attached hydrogens (tertiary/aromatic N) is 2. The van der Waals surface area contributed by atoms with Crippen LogP contribution in [0, 0.1) is 6.92 Å². The second kappa shape index (κ2) is 9.95. The Bertz CT molecular complexity index is 610. The number of hydrogen-bond acceptors (Lipinski definition) is 4. The second-order valence-electron chi connectivity index (χ2n) is 7.69. The van der Waals surface area contributed by atoms with E-state index in [0.29, 0.717) is 12.6 Å². The number of nitrogens with one attached hydrogen (secondary N) is 2. The topological polar surface area (TPSA) is 69.1 Å². The van der Waals surface area contributed by atoms with Crippen molar-refractivity contribution in [2.75, 3.05) is 32.8 Å². The van der Waals surface area contributed by atoms with Crippen LogP contribution >= 0.6 is 0 Å². The highest BCUT2D eigenvalue weighted by molar-refractivity contribution is 5.80. The highest BCUT2D eigenvalue weighted by Crippen LogP contribution is 2.29. The fraction of sp³-hybridized carbons (Fsp3) is 0.667. The summed E-state index contributed by atoms with van der Waals surface area (Å²) in [5, 5.41) is 17.0. The summed E-state index contributed by atoms with van der Waals surface area (Å²) < 4.78 is 5.67. The summed E-state index contributed by atoms with van der Waals surface area (Å²) in [6.07, 6.45) is 4.44. The zero-order valence-corrected chi connectivity index (χ0v) is 16.7. The van der Waals surface area contributed by atoms with E-state index in [1.807, 2.05) is 31.2 Å². The van der Waals surface area contributed by atoms with E-state index in [-0.39, 0.29) is 6.61 Å². The fourth-order valence-corrected chi connectivity index (χ4v) is 3.51. The molecule has 1 saturated carbocycles. The maximum Gasteiger partial charge on any atom is 0.191 e. The van der Waals surface area contributed by atoms with Crippen LogP contribution in [0.3, 0.4) is 0 Å². The van der Waals surface area contributed by atoms with Gasteiger partial charge in [-0.2, -0.15) is 0 Å². The van der Waals surface area contributed by atoms with Gasteiger partial charge in [0.25, 0.3) is 0 Å². The molecule has 1 aliphatic carbocycles. The van der Waals surface area contributed by atoms with Crippen LogP contribution in [0.1, 0.15) is 38.2 Å². The normalized spacial score (nSPS) is 20.3. The molecule has 0 amide bonds. The van der Waals surface area contributed by atoms with Crippen molar-refractivity contribution in [3.8, 4) is 5.75 Å². The number of hydrogen-bond donors (Lipinski definition) is 3. The van der Waals surface area contributed by atoms with Gasteiger partial charge in [-0.3, -0.25) is 4.99 Å². The van der Waals surface area contributed by atoms with Crippen LogP contribution in [0.2, 0.25) is 0 Å². The third-order valence-electron chi connectivity index (χ3n) is 5.17. The number of aliphatic imine (C=N–C) groups is 1. The summed E-state index contributed by atoms with van der Waals surface area (Å²) in [5.74, 6) is 1.57. The molecule has 1 aromatic rings. The Balaban J connectivity index is 1.42. The number of aryl methyl sites for hydroxylation is 1. The number of piperidine rings is 1. The smallest absolute Gasteiger partial charge is 0.191 e. The molecular weight excluding hydrogens is 340 g/mol. The van der Waals surface area contributed by atoms with Crippen LogP contribution in [0.15, 0.2) is 29.3 Å². The average Bonchev–Trinajstić information content (AvgIpc) is 3.50. The first-order valence-electron chi connectivity index (χ1n) is 10.3. The van der Waals surface area contributed by atoms with Gasteiger partial charge in [-0.1, -0.05) is 12.1 Å². The van der Waals surface area contributed by atoms with E-state index in [0.717, 1.165) is 42.7 Å². The van der Waals surface area contributed by atoms with Gasteiger partial charge in [0, 0.05) is 31.7 Å². The third kappa shape index (κ3) is 6.70. The number of ether oxygens (including phenoxy) is 1. The molecule has 1 aromatic carbocycles. The monoisotopic (exact) mass is 374 g/mol. The standard InChI is InChI=1S/C21H34N4O2/c1-3-22-21(24-17-9-11-25(12-10-17)18-7-8-18)23-14-19(26)15-27-20-6-4-5-16(2)13-20/h4-6,13,17-19,26H,3,7-12,14-15H2,1-2H3,(H2,22,23,24). The van der Waals surface area contributed by atoms with Gasteiger partial charge in [0.2, 0.25) is 0 Å². The Morgan fingerprint density at radius 3 is 2.74 bits per heavy atom. The maximum absolute atomic E-state index is 10.2. The molecule has 3 rings (SSSR count). The van der Waals surface area contributed by atoms with Gasteiger partial charge in [0.05, 0.1) is 6.54 Å². The van der Waals surface area contributed by atoms with Crippen molar-refractivity contribution in [2.45, 2.75) is 57.7 Å². The van der Waals surface area contributed by atoms with Crippen LogP contribution < -0.4 is 15.4 Å². The average molecular weight is 375 g/mol. The molecule has 0 radical (unpaired) electrons. The Kier molecular flexibility index (Phi) is 7.35. The van der Waals surface area contributed by atoms with E-state index < -0.39 is 6.10 Å². The summed E-state index contributed by atoms with van der Waals surface area (Å²) in [6, 6.07) is 9.17. The highest BCUT2D eigenvalue weighted by Gasteiger charge is 2.31. The SMILES string of the molecule is CCNC(=NCC(O)COc1cccc(C)c1)NC1CCN(C2CC2)CC1. The quantitative estimate of drug-likeness (QED) is 0.479. The van der Waals surface area contributed by atoms with Crippen LogP contribution in [-0.4, -0.2) is 66.9 Å². The van der Waals surface area contributed by atoms with E-state index in [2.05, 4.69) is 27.4 Å². The minimum absolute atomic E-state index is 0.242. The summed E-state index contributed by atoms with van der Waals surface area (Å²) in [7, 11) is 0. The van der Waals surface area contributed by atoms with Crippen molar-refractivity contribution in [2.24, 2.45) is 4.99 Å². The Labute approximate surface area is 163 Å². The van der Waals surface area contributed by atoms with E-state index >= 15 is 0 Å². The minimum Gasteiger partial charge on any atom is -0.491 e. The number of rotatable bonds is 8. The second-order valence-corrected chi connectivity index (χ2v) is 7.69. The lowest BCUT2D eigenvalue weighted by Crippen LogP contribution is -2.49. The molecule has 6 heteroatoms. The molecule has 0 spiro atoms. The lowest BCUT2D eigenvalue weighted by molar-refractivity contribution is 0.114. The largest absolute Gasteiger partial charge is 0.491 e. The van der Waals surface area contributed by atoms with Crippen molar-refractivity contribution < 1.29 is 9.84 Å². The Morgan fingerprint density at radius 1 is 1.30 bits per heavy atom. The molecule has 0 aromatic heterocycles. The summed E-state index contributed by atoms with van der Waals surface area (Å²) in [5.41, 5.74) is 1.14. The highest BCUT2D eigenvalue weighted by atomic mass is 16.5. The fourth-order valence-electron chi connectivity index (χ4n) is 3.51. The van der Waals surface area contributed by atoms with Crippen molar-refractivity contribution in [1.82, 2.24) is 15.5 Å². The molecule has 1 heterocycles. The van der Waals surface area contributed by atoms with E-state index in [1.54, 1.807) is 0 Å². The van der Waals surface area contributed by atoms with Crippen LogP contribution in [0.25, 0.3) is 0 Å². The van der Waals surface area contributed by atoms with E-state index in [1.165, 1.54) is 25.9 Å². The van der Waals surface area contributed by atoms with Crippen molar-refractivity contribution in [1.29, 1.82) is 0 Å². The van der Waals surface area contributed by atoms with E-state index in [4.69, 9.17) is 4.74 Å². The summed E-state index contributed by atoms with van der Waals surface area (Å²) in [4.78, 5) is 7.17. The number of guanidine groups is 1. The first-order chi connectivity index (χ1) is 13.1. The zero-order chi connectivity index (χ0) is 19.1. The minimum atomic E-state index is -0.627.